The van der Waals surface area contributed by atoms with Gasteiger partial charge < -0.3 is 24.5 Å². The lowest BCUT2D eigenvalue weighted by Crippen LogP contribution is -2.53. The van der Waals surface area contributed by atoms with Crippen LogP contribution in [0.4, 0.5) is 15.8 Å². The number of anilines is 1. The Morgan fingerprint density at radius 2 is 1.77 bits per heavy atom. The highest BCUT2D eigenvalue weighted by Gasteiger charge is 2.35. The van der Waals surface area contributed by atoms with E-state index in [1.807, 2.05) is 9.80 Å². The third-order valence-electron chi connectivity index (χ3n) is 8.65. The number of nitro benzene ring substituents is 1. The summed E-state index contributed by atoms with van der Waals surface area (Å²) in [5, 5.41) is 20.1. The number of benzene rings is 1. The van der Waals surface area contributed by atoms with E-state index in [1.54, 1.807) is 7.11 Å². The number of aliphatic hydroxyl groups excluding tert-OH is 1. The maximum atomic E-state index is 14.3. The van der Waals surface area contributed by atoms with Gasteiger partial charge in [-0.15, -0.1) is 0 Å². The minimum absolute atomic E-state index is 0. The normalized spacial score (nSPS) is 21.6. The summed E-state index contributed by atoms with van der Waals surface area (Å²) in [6.07, 6.45) is 6.28. The van der Waals surface area contributed by atoms with Crippen molar-refractivity contribution < 1.29 is 24.0 Å². The number of piperidine rings is 3. The summed E-state index contributed by atoms with van der Waals surface area (Å²) in [6.45, 7) is 12.2. The van der Waals surface area contributed by atoms with Crippen LogP contribution in [0.25, 0.3) is 0 Å². The summed E-state index contributed by atoms with van der Waals surface area (Å²) in [6, 6.07) is 4.62. The quantitative estimate of drug-likeness (QED) is 0.262. The number of rotatable bonds is 8. The molecule has 2 unspecified atom stereocenters. The van der Waals surface area contributed by atoms with E-state index >= 15 is 0 Å². The molecule has 10 heteroatoms. The Morgan fingerprint density at radius 3 is 2.25 bits per heavy atom. The van der Waals surface area contributed by atoms with Gasteiger partial charge in [-0.2, -0.15) is 0 Å². The van der Waals surface area contributed by atoms with Crippen LogP contribution in [0.2, 0.25) is 0 Å². The van der Waals surface area contributed by atoms with Gasteiger partial charge in [-0.25, -0.2) is 4.39 Å². The molecule has 3 aliphatic rings. The SMILES string of the molecule is C.C=C(OC)C(C)CC.O=C1CC(CO)CCN1C1CCN(C2CCN(c3ccc([N+](=O)[O-])cc3F)CC2)CC1. The molecule has 1 aromatic carbocycles. The molecule has 0 spiro atoms. The highest BCUT2D eigenvalue weighted by atomic mass is 19.1. The number of allylic oxidation sites excluding steroid dienone is 1. The summed E-state index contributed by atoms with van der Waals surface area (Å²) in [4.78, 5) is 29.2. The fraction of sp³-hybridized carbons (Fsp3) is 0.700. The average Bonchev–Trinajstić information content (AvgIpc) is 2.96. The van der Waals surface area contributed by atoms with Gasteiger partial charge >= 0.3 is 0 Å². The summed E-state index contributed by atoms with van der Waals surface area (Å²) in [7, 11) is 1.66. The van der Waals surface area contributed by atoms with Crippen molar-refractivity contribution in [2.75, 3.05) is 51.3 Å². The Balaban J connectivity index is 0.000000546. The van der Waals surface area contributed by atoms with Crippen molar-refractivity contribution in [3.63, 3.8) is 0 Å². The zero-order valence-corrected chi connectivity index (χ0v) is 23.7. The lowest BCUT2D eigenvalue weighted by molar-refractivity contribution is -0.385. The van der Waals surface area contributed by atoms with Crippen LogP contribution in [-0.2, 0) is 9.53 Å². The topological polar surface area (TPSA) is 99.4 Å². The largest absolute Gasteiger partial charge is 0.501 e. The van der Waals surface area contributed by atoms with Crippen molar-refractivity contribution in [2.45, 2.75) is 78.3 Å². The molecule has 0 radical (unpaired) electrons. The molecule has 0 aromatic heterocycles. The molecule has 0 aliphatic carbocycles. The maximum absolute atomic E-state index is 14.3. The van der Waals surface area contributed by atoms with Gasteiger partial charge in [0, 0.05) is 69.8 Å². The molecule has 3 saturated heterocycles. The third-order valence-corrected chi connectivity index (χ3v) is 8.65. The van der Waals surface area contributed by atoms with Gasteiger partial charge in [0.2, 0.25) is 5.91 Å². The fourth-order valence-corrected chi connectivity index (χ4v) is 5.78. The first-order valence-corrected chi connectivity index (χ1v) is 14.2. The number of hydrogen-bond donors (Lipinski definition) is 1. The van der Waals surface area contributed by atoms with Crippen LogP contribution < -0.4 is 4.90 Å². The van der Waals surface area contributed by atoms with E-state index in [9.17, 15) is 24.4 Å². The van der Waals surface area contributed by atoms with Crippen molar-refractivity contribution >= 4 is 17.3 Å². The van der Waals surface area contributed by atoms with Gasteiger partial charge in [0.15, 0.2) is 5.82 Å². The van der Waals surface area contributed by atoms with E-state index in [0.29, 0.717) is 30.1 Å². The van der Waals surface area contributed by atoms with Crippen LogP contribution in [0.5, 0.6) is 0 Å². The number of nitrogens with zero attached hydrogens (tertiary/aromatic N) is 4. The van der Waals surface area contributed by atoms with Crippen LogP contribution in [0.3, 0.4) is 0 Å². The molecule has 1 aromatic rings. The summed E-state index contributed by atoms with van der Waals surface area (Å²) in [5.41, 5.74) is 0.214. The number of amides is 1. The second-order valence-corrected chi connectivity index (χ2v) is 11.0. The minimum Gasteiger partial charge on any atom is -0.501 e. The molecular formula is C30H49FN4O5. The van der Waals surface area contributed by atoms with E-state index in [0.717, 1.165) is 83.1 Å². The van der Waals surface area contributed by atoms with Crippen LogP contribution in [0, 0.1) is 27.8 Å². The van der Waals surface area contributed by atoms with Crippen LogP contribution in [-0.4, -0.2) is 84.3 Å². The van der Waals surface area contributed by atoms with Crippen molar-refractivity contribution in [3.05, 3.63) is 46.5 Å². The summed E-state index contributed by atoms with van der Waals surface area (Å²) >= 11 is 0. The van der Waals surface area contributed by atoms with Gasteiger partial charge in [0.1, 0.15) is 0 Å². The molecule has 4 rings (SSSR count). The Morgan fingerprint density at radius 1 is 1.15 bits per heavy atom. The second kappa shape index (κ2) is 15.9. The van der Waals surface area contributed by atoms with Gasteiger partial charge in [0.25, 0.3) is 5.69 Å². The van der Waals surface area contributed by atoms with Gasteiger partial charge in [-0.3, -0.25) is 14.9 Å². The number of non-ortho nitro benzene ring substituents is 1. The van der Waals surface area contributed by atoms with Crippen molar-refractivity contribution in [1.82, 2.24) is 9.80 Å². The molecule has 1 amide bonds. The first kappa shape index (κ1) is 33.5. The lowest BCUT2D eigenvalue weighted by Gasteiger charge is -2.45. The molecule has 2 atom stereocenters. The molecule has 3 aliphatic heterocycles. The third kappa shape index (κ3) is 8.64. The number of likely N-dealkylation sites (tertiary alicyclic amines) is 2. The highest BCUT2D eigenvalue weighted by molar-refractivity contribution is 5.77. The van der Waals surface area contributed by atoms with Crippen LogP contribution >= 0.6 is 0 Å². The molecule has 3 fully saturated rings. The number of nitro groups is 1. The molecule has 40 heavy (non-hydrogen) atoms. The van der Waals surface area contributed by atoms with Gasteiger partial charge in [0.05, 0.1) is 29.5 Å². The first-order chi connectivity index (χ1) is 18.7. The van der Waals surface area contributed by atoms with Crippen molar-refractivity contribution in [1.29, 1.82) is 0 Å². The number of carbonyl (C=O) groups is 1. The standard InChI is InChI=1S/C22H31FN4O4.C7H14O.CH4/c23-20-14-19(27(30)31)1-2-21(20)25-10-4-17(5-11-25)24-8-6-18(7-9-24)26-12-3-16(15-28)13-22(26)29;1-5-6(2)7(3)8-4;/h1-2,14,16-18,28H,3-13,15H2;6H,3,5H2,1-2,4H3;1H4. The zero-order chi connectivity index (χ0) is 28.5. The fourth-order valence-electron chi connectivity index (χ4n) is 5.78. The van der Waals surface area contributed by atoms with Crippen LogP contribution in [0.15, 0.2) is 30.5 Å². The Labute approximate surface area is 239 Å². The maximum Gasteiger partial charge on any atom is 0.272 e. The van der Waals surface area contributed by atoms with E-state index < -0.39 is 10.7 Å². The molecule has 226 valence electrons. The lowest BCUT2D eigenvalue weighted by atomic mass is 9.92. The van der Waals surface area contributed by atoms with Gasteiger partial charge in [-0.1, -0.05) is 27.9 Å². The predicted octanol–water partition coefficient (Wildman–Crippen LogP) is 5.23. The second-order valence-electron chi connectivity index (χ2n) is 11.0. The summed E-state index contributed by atoms with van der Waals surface area (Å²) in [5.74, 6) is 1.15. The number of halogens is 1. The van der Waals surface area contributed by atoms with Crippen LogP contribution in [0.1, 0.15) is 66.2 Å². The molecule has 0 saturated carbocycles. The smallest absolute Gasteiger partial charge is 0.272 e. The van der Waals surface area contributed by atoms with Gasteiger partial charge in [-0.05, 0) is 50.5 Å². The van der Waals surface area contributed by atoms with E-state index in [-0.39, 0.29) is 31.5 Å². The Hall–Kier alpha value is -2.72. The zero-order valence-electron chi connectivity index (χ0n) is 23.7. The summed E-state index contributed by atoms with van der Waals surface area (Å²) < 4.78 is 19.3. The van der Waals surface area contributed by atoms with E-state index in [2.05, 4.69) is 25.3 Å². The number of methoxy groups -OCH3 is 1. The number of ether oxygens (including phenoxy) is 1. The van der Waals surface area contributed by atoms with Crippen molar-refractivity contribution in [2.24, 2.45) is 11.8 Å². The molecule has 3 heterocycles. The Bertz CT molecular complexity index is 977. The minimum atomic E-state index is -0.578. The first-order valence-electron chi connectivity index (χ1n) is 14.2. The number of hydrogen-bond acceptors (Lipinski definition) is 7. The van der Waals surface area contributed by atoms with Crippen molar-refractivity contribution in [3.8, 4) is 0 Å². The molecular weight excluding hydrogens is 515 g/mol. The predicted molar refractivity (Wildman–Crippen MR) is 157 cm³/mol. The Kier molecular flexibility index (Phi) is 13.3. The van der Waals surface area contributed by atoms with E-state index in [1.165, 1.54) is 12.1 Å². The number of carbonyl (C=O) groups excluding carboxylic acids is 1. The van der Waals surface area contributed by atoms with E-state index in [4.69, 9.17) is 4.74 Å². The molecule has 9 nitrogen and oxygen atoms in total. The number of aliphatic hydroxyl groups is 1. The highest BCUT2D eigenvalue weighted by Crippen LogP contribution is 2.30. The molecule has 1 N–H and O–H groups in total. The molecule has 0 bridgehead atoms. The monoisotopic (exact) mass is 564 g/mol. The average molecular weight is 565 g/mol.